The second-order valence-electron chi connectivity index (χ2n) is 12.2. The van der Waals surface area contributed by atoms with E-state index in [4.69, 9.17) is 9.47 Å². The Kier molecular flexibility index (Phi) is 17.5. The number of methoxy groups -OCH3 is 2. The number of carbonyl (C=O) groups is 4. The van der Waals surface area contributed by atoms with Crippen LogP contribution in [0, 0.1) is 34.5 Å². The maximum absolute atomic E-state index is 11.1. The highest BCUT2D eigenvalue weighted by Gasteiger charge is 2.56. The Morgan fingerprint density at radius 1 is 0.756 bits per heavy atom. The van der Waals surface area contributed by atoms with Crippen LogP contribution < -0.4 is 0 Å². The largest absolute Gasteiger partial charge is 0.469 e. The molecule has 8 nitrogen and oxygen atoms in total. The summed E-state index contributed by atoms with van der Waals surface area (Å²) in [4.78, 5) is 43.6. The summed E-state index contributed by atoms with van der Waals surface area (Å²) in [6.45, 7) is 19.4. The van der Waals surface area contributed by atoms with Crippen LogP contribution in [0.25, 0.3) is 0 Å². The van der Waals surface area contributed by atoms with E-state index in [0.29, 0.717) is 17.9 Å². The molecular weight excluding hydrogens is 524 g/mol. The summed E-state index contributed by atoms with van der Waals surface area (Å²) in [5.74, 6) is 1.90. The first-order chi connectivity index (χ1) is 19.3. The van der Waals surface area contributed by atoms with Gasteiger partial charge in [0.2, 0.25) is 0 Å². The van der Waals surface area contributed by atoms with Gasteiger partial charge < -0.3 is 18.9 Å². The van der Waals surface area contributed by atoms with E-state index in [0.717, 1.165) is 50.9 Å². The molecule has 0 radical (unpaired) electrons. The number of esters is 4. The minimum absolute atomic E-state index is 0.0532. The first kappa shape index (κ1) is 38.9. The zero-order valence-electron chi connectivity index (χ0n) is 28.1. The van der Waals surface area contributed by atoms with E-state index >= 15 is 0 Å². The summed E-state index contributed by atoms with van der Waals surface area (Å²) in [7, 11) is 2.83. The van der Waals surface area contributed by atoms with Gasteiger partial charge in [-0.3, -0.25) is 19.2 Å². The van der Waals surface area contributed by atoms with Crippen molar-refractivity contribution >= 4 is 23.9 Å². The van der Waals surface area contributed by atoms with E-state index < -0.39 is 0 Å². The zero-order chi connectivity index (χ0) is 32.0. The van der Waals surface area contributed by atoms with Gasteiger partial charge in [0.05, 0.1) is 36.9 Å². The van der Waals surface area contributed by atoms with Gasteiger partial charge in [-0.2, -0.15) is 0 Å². The first-order valence-electron chi connectivity index (χ1n) is 15.9. The Hall–Kier alpha value is -2.12. The Balaban J connectivity index is 0.000000500. The van der Waals surface area contributed by atoms with Gasteiger partial charge in [0.25, 0.3) is 0 Å². The van der Waals surface area contributed by atoms with Crippen molar-refractivity contribution in [2.24, 2.45) is 34.5 Å². The third kappa shape index (κ3) is 11.2. The molecule has 8 heteroatoms. The molecule has 4 bridgehead atoms. The summed E-state index contributed by atoms with van der Waals surface area (Å²) >= 11 is 0. The third-order valence-electron chi connectivity index (χ3n) is 8.81. The Bertz CT molecular complexity index is 788. The second-order valence-corrected chi connectivity index (χ2v) is 12.2. The van der Waals surface area contributed by atoms with Gasteiger partial charge in [0.15, 0.2) is 0 Å². The van der Waals surface area contributed by atoms with Gasteiger partial charge in [-0.1, -0.05) is 41.5 Å². The lowest BCUT2D eigenvalue weighted by Crippen LogP contribution is -2.24. The van der Waals surface area contributed by atoms with Crippen LogP contribution in [0.2, 0.25) is 0 Å². The molecule has 2 heterocycles. The first-order valence-corrected chi connectivity index (χ1v) is 15.9. The molecule has 2 aliphatic heterocycles. The van der Waals surface area contributed by atoms with Crippen molar-refractivity contribution in [3.63, 3.8) is 0 Å². The van der Waals surface area contributed by atoms with Gasteiger partial charge in [0, 0.05) is 5.92 Å². The van der Waals surface area contributed by atoms with Crippen molar-refractivity contribution in [2.75, 3.05) is 14.2 Å². The zero-order valence-corrected chi connectivity index (χ0v) is 28.1. The molecule has 2 saturated heterocycles. The molecule has 0 N–H and O–H groups in total. The number of hydrogen-bond donors (Lipinski definition) is 0. The Morgan fingerprint density at radius 2 is 1.27 bits per heavy atom. The molecule has 3 saturated carbocycles. The number of ether oxygens (including phenoxy) is 4. The molecule has 5 aliphatic rings. The number of rotatable bonds is 4. The number of hydrogen-bond acceptors (Lipinski definition) is 8. The monoisotopic (exact) mass is 584 g/mol. The molecule has 0 amide bonds. The molecule has 5 rings (SSSR count). The van der Waals surface area contributed by atoms with Crippen LogP contribution in [-0.2, 0) is 38.1 Å². The second kappa shape index (κ2) is 18.4. The third-order valence-corrected chi connectivity index (χ3v) is 8.81. The lowest BCUT2D eigenvalue weighted by atomic mass is 9.90. The Labute approximate surface area is 250 Å². The SMILES string of the molecule is CC.CC.CCC(C)(C)C(=O)OC.CCC(C)(C)C(=O)OC.O=C1OC2CC3CC1C2C3.O=C1OC2CCCC1C2. The molecule has 0 aromatic rings. The topological polar surface area (TPSA) is 105 Å². The van der Waals surface area contributed by atoms with Gasteiger partial charge in [0.1, 0.15) is 12.2 Å². The van der Waals surface area contributed by atoms with E-state index in [1.807, 2.05) is 69.2 Å². The van der Waals surface area contributed by atoms with Crippen molar-refractivity contribution in [1.29, 1.82) is 0 Å². The fraction of sp³-hybridized carbons (Fsp3) is 0.879. The van der Waals surface area contributed by atoms with E-state index in [1.54, 1.807) is 0 Å². The van der Waals surface area contributed by atoms with Crippen molar-refractivity contribution in [3.8, 4) is 0 Å². The standard InChI is InChI=1S/C8H10O2.C7H10O2.2C7H14O2.2C2H6/c9-8-6-2-4-1-5(6)7(3-4)10-8;8-7-5-2-1-3-6(4-5)9-7;2*1-5-7(2,3)6(8)9-4;2*1-2/h4-7H,1-3H2;5-6H,1-4H2;2*5H2,1-4H3;2*1-2H3. The summed E-state index contributed by atoms with van der Waals surface area (Å²) in [6, 6.07) is 0. The molecule has 6 unspecified atom stereocenters. The van der Waals surface area contributed by atoms with Crippen LogP contribution in [0.3, 0.4) is 0 Å². The maximum atomic E-state index is 11.1. The van der Waals surface area contributed by atoms with Crippen LogP contribution in [0.15, 0.2) is 0 Å². The molecule has 0 aromatic heterocycles. The highest BCUT2D eigenvalue weighted by Crippen LogP contribution is 2.54. The van der Waals surface area contributed by atoms with E-state index in [-0.39, 0.29) is 46.7 Å². The molecule has 6 atom stereocenters. The average molecular weight is 585 g/mol. The Morgan fingerprint density at radius 3 is 1.59 bits per heavy atom. The fourth-order valence-corrected chi connectivity index (χ4v) is 5.50. The van der Waals surface area contributed by atoms with E-state index in [1.165, 1.54) is 27.1 Å². The number of carbonyl (C=O) groups excluding carboxylic acids is 4. The lowest BCUT2D eigenvalue weighted by Gasteiger charge is -2.17. The summed E-state index contributed by atoms with van der Waals surface area (Å²) in [5, 5.41) is 0. The number of fused-ring (bicyclic) bond motifs is 3. The highest BCUT2D eigenvalue weighted by atomic mass is 16.6. The highest BCUT2D eigenvalue weighted by molar-refractivity contribution is 5.77. The molecule has 5 fully saturated rings. The average Bonchev–Trinajstić information content (AvgIpc) is 3.70. The van der Waals surface area contributed by atoms with Crippen molar-refractivity contribution < 1.29 is 38.1 Å². The van der Waals surface area contributed by atoms with Crippen molar-refractivity contribution in [3.05, 3.63) is 0 Å². The van der Waals surface area contributed by atoms with Crippen LogP contribution in [0.4, 0.5) is 0 Å². The summed E-state index contributed by atoms with van der Waals surface area (Å²) in [5.41, 5.74) is -0.622. The van der Waals surface area contributed by atoms with Crippen LogP contribution in [0.1, 0.15) is 127 Å². The van der Waals surface area contributed by atoms with Crippen molar-refractivity contribution in [1.82, 2.24) is 0 Å². The lowest BCUT2D eigenvalue weighted by molar-refractivity contribution is -0.151. The normalized spacial score (nSPS) is 27.7. The smallest absolute Gasteiger partial charge is 0.311 e. The quantitative estimate of drug-likeness (QED) is 0.250. The molecule has 240 valence electrons. The molecule has 41 heavy (non-hydrogen) atoms. The predicted octanol–water partition coefficient (Wildman–Crippen LogP) is 7.30. The fourth-order valence-electron chi connectivity index (χ4n) is 5.50. The van der Waals surface area contributed by atoms with Crippen molar-refractivity contribution in [2.45, 2.75) is 139 Å². The minimum atomic E-state index is -0.311. The van der Waals surface area contributed by atoms with Gasteiger partial charge >= 0.3 is 23.9 Å². The summed E-state index contributed by atoms with van der Waals surface area (Å²) < 4.78 is 19.4. The molecular formula is C33H60O8. The van der Waals surface area contributed by atoms with Gasteiger partial charge in [-0.25, -0.2) is 0 Å². The predicted molar refractivity (Wildman–Crippen MR) is 161 cm³/mol. The van der Waals surface area contributed by atoms with Gasteiger partial charge in [-0.15, -0.1) is 0 Å². The van der Waals surface area contributed by atoms with E-state index in [2.05, 4.69) is 9.47 Å². The van der Waals surface area contributed by atoms with E-state index in [9.17, 15) is 19.2 Å². The maximum Gasteiger partial charge on any atom is 0.311 e. The van der Waals surface area contributed by atoms with Crippen LogP contribution >= 0.6 is 0 Å². The van der Waals surface area contributed by atoms with Crippen LogP contribution in [0.5, 0.6) is 0 Å². The minimum Gasteiger partial charge on any atom is -0.469 e. The molecule has 3 aliphatic carbocycles. The van der Waals surface area contributed by atoms with Crippen LogP contribution in [-0.4, -0.2) is 50.3 Å². The molecule has 0 aromatic carbocycles. The summed E-state index contributed by atoms with van der Waals surface area (Å²) in [6.07, 6.45) is 10.2. The van der Waals surface area contributed by atoms with Gasteiger partial charge in [-0.05, 0) is 91.4 Å². The molecule has 0 spiro atoms.